The predicted octanol–water partition coefficient (Wildman–Crippen LogP) is 3.99. The molecule has 0 amide bonds. The number of anilines is 1. The van der Waals surface area contributed by atoms with Crippen LogP contribution in [0.25, 0.3) is 0 Å². The normalized spacial score (nSPS) is 16.9. The lowest BCUT2D eigenvalue weighted by Gasteiger charge is -2.13. The molecule has 0 saturated heterocycles. The van der Waals surface area contributed by atoms with E-state index in [-0.39, 0.29) is 0 Å². The van der Waals surface area contributed by atoms with Crippen LogP contribution in [0.1, 0.15) is 44.6 Å². The average molecular weight is 203 g/mol. The first-order chi connectivity index (χ1) is 7.38. The van der Waals surface area contributed by atoms with Gasteiger partial charge in [-0.15, -0.1) is 0 Å². The second-order valence-corrected chi connectivity index (χ2v) is 4.57. The van der Waals surface area contributed by atoms with Crippen LogP contribution in [0.5, 0.6) is 0 Å². The molecule has 0 aromatic heterocycles. The Morgan fingerprint density at radius 3 is 2.40 bits per heavy atom. The van der Waals surface area contributed by atoms with Crippen molar-refractivity contribution >= 4 is 5.69 Å². The van der Waals surface area contributed by atoms with Crippen LogP contribution in [0.2, 0.25) is 0 Å². The predicted molar refractivity (Wildman–Crippen MR) is 66.3 cm³/mol. The van der Waals surface area contributed by atoms with Crippen molar-refractivity contribution in [1.29, 1.82) is 0 Å². The lowest BCUT2D eigenvalue weighted by Crippen LogP contribution is -2.14. The van der Waals surface area contributed by atoms with Crippen molar-refractivity contribution in [3.63, 3.8) is 0 Å². The van der Waals surface area contributed by atoms with Crippen LogP contribution in [0, 0.1) is 0 Å². The zero-order chi connectivity index (χ0) is 10.5. The highest BCUT2D eigenvalue weighted by atomic mass is 14.9. The van der Waals surface area contributed by atoms with Crippen LogP contribution in [0.15, 0.2) is 24.3 Å². The van der Waals surface area contributed by atoms with Crippen molar-refractivity contribution in [2.45, 2.75) is 51.5 Å². The molecule has 1 aliphatic carbocycles. The topological polar surface area (TPSA) is 12.0 Å². The molecule has 1 saturated carbocycles. The molecule has 0 unspecified atom stereocenters. The minimum absolute atomic E-state index is 0.724. The summed E-state index contributed by atoms with van der Waals surface area (Å²) >= 11 is 0. The van der Waals surface area contributed by atoms with E-state index in [0.717, 1.165) is 6.04 Å². The highest BCUT2D eigenvalue weighted by Crippen LogP contribution is 2.22. The second kappa shape index (κ2) is 5.20. The third-order valence-corrected chi connectivity index (χ3v) is 3.22. The minimum Gasteiger partial charge on any atom is -0.382 e. The number of hydrogen-bond acceptors (Lipinski definition) is 1. The van der Waals surface area contributed by atoms with Gasteiger partial charge in [0.05, 0.1) is 0 Å². The SMILES string of the molecule is CCCc1ccc(NC2CCCC2)cc1. The first-order valence-electron chi connectivity index (χ1n) is 6.24. The Bertz CT molecular complexity index is 283. The van der Waals surface area contributed by atoms with Gasteiger partial charge in [0.2, 0.25) is 0 Å². The number of benzene rings is 1. The summed E-state index contributed by atoms with van der Waals surface area (Å²) in [5.41, 5.74) is 2.75. The summed E-state index contributed by atoms with van der Waals surface area (Å²) in [4.78, 5) is 0. The molecule has 1 heteroatoms. The van der Waals surface area contributed by atoms with E-state index in [1.54, 1.807) is 0 Å². The van der Waals surface area contributed by atoms with Crippen LogP contribution in [-0.4, -0.2) is 6.04 Å². The Labute approximate surface area is 92.9 Å². The molecule has 1 aromatic carbocycles. The molecule has 15 heavy (non-hydrogen) atoms. The van der Waals surface area contributed by atoms with E-state index < -0.39 is 0 Å². The Hall–Kier alpha value is -0.980. The van der Waals surface area contributed by atoms with Gasteiger partial charge in [-0.1, -0.05) is 38.3 Å². The van der Waals surface area contributed by atoms with Gasteiger partial charge >= 0.3 is 0 Å². The average Bonchev–Trinajstić information content (AvgIpc) is 2.74. The van der Waals surface area contributed by atoms with Crippen molar-refractivity contribution < 1.29 is 0 Å². The maximum atomic E-state index is 3.61. The molecule has 1 fully saturated rings. The summed E-state index contributed by atoms with van der Waals surface area (Å²) in [7, 11) is 0. The molecule has 82 valence electrons. The van der Waals surface area contributed by atoms with Crippen molar-refractivity contribution in [1.82, 2.24) is 0 Å². The standard InChI is InChI=1S/C14H21N/c1-2-5-12-8-10-14(11-9-12)15-13-6-3-4-7-13/h8-11,13,15H,2-7H2,1H3. The van der Waals surface area contributed by atoms with E-state index in [1.807, 2.05) is 0 Å². The molecule has 1 aliphatic rings. The zero-order valence-electron chi connectivity index (χ0n) is 9.63. The smallest absolute Gasteiger partial charge is 0.0342 e. The molecule has 0 aliphatic heterocycles. The van der Waals surface area contributed by atoms with Crippen LogP contribution < -0.4 is 5.32 Å². The third-order valence-electron chi connectivity index (χ3n) is 3.22. The van der Waals surface area contributed by atoms with Gasteiger partial charge in [-0.2, -0.15) is 0 Å². The van der Waals surface area contributed by atoms with Crippen molar-refractivity contribution in [2.75, 3.05) is 5.32 Å². The molecule has 0 heterocycles. The van der Waals surface area contributed by atoms with Crippen molar-refractivity contribution in [2.24, 2.45) is 0 Å². The molecular formula is C14H21N. The number of nitrogens with one attached hydrogen (secondary N) is 1. The van der Waals surface area contributed by atoms with E-state index in [1.165, 1.54) is 49.8 Å². The quantitative estimate of drug-likeness (QED) is 0.780. The lowest BCUT2D eigenvalue weighted by molar-refractivity contribution is 0.755. The maximum Gasteiger partial charge on any atom is 0.0342 e. The monoisotopic (exact) mass is 203 g/mol. The fourth-order valence-corrected chi connectivity index (χ4v) is 2.36. The van der Waals surface area contributed by atoms with Gasteiger partial charge in [0.1, 0.15) is 0 Å². The Morgan fingerprint density at radius 1 is 1.13 bits per heavy atom. The van der Waals surface area contributed by atoms with Crippen molar-refractivity contribution in [3.8, 4) is 0 Å². The molecule has 0 atom stereocenters. The lowest BCUT2D eigenvalue weighted by atomic mass is 10.1. The van der Waals surface area contributed by atoms with E-state index >= 15 is 0 Å². The summed E-state index contributed by atoms with van der Waals surface area (Å²) < 4.78 is 0. The van der Waals surface area contributed by atoms with Gasteiger partial charge in [-0.25, -0.2) is 0 Å². The van der Waals surface area contributed by atoms with Crippen molar-refractivity contribution in [3.05, 3.63) is 29.8 Å². The van der Waals surface area contributed by atoms with Gasteiger partial charge in [0, 0.05) is 11.7 Å². The van der Waals surface area contributed by atoms with Gasteiger partial charge in [0.15, 0.2) is 0 Å². The van der Waals surface area contributed by atoms with Gasteiger partial charge in [-0.05, 0) is 37.0 Å². The highest BCUT2D eigenvalue weighted by molar-refractivity contribution is 5.45. The highest BCUT2D eigenvalue weighted by Gasteiger charge is 2.13. The summed E-state index contributed by atoms with van der Waals surface area (Å²) in [6.45, 7) is 2.23. The number of hydrogen-bond donors (Lipinski definition) is 1. The fourth-order valence-electron chi connectivity index (χ4n) is 2.36. The van der Waals surface area contributed by atoms with E-state index in [4.69, 9.17) is 0 Å². The number of aryl methyl sites for hydroxylation is 1. The van der Waals surface area contributed by atoms with Gasteiger partial charge < -0.3 is 5.32 Å². The summed E-state index contributed by atoms with van der Waals surface area (Å²) in [5.74, 6) is 0. The molecule has 0 spiro atoms. The summed E-state index contributed by atoms with van der Waals surface area (Å²) in [6.07, 6.45) is 7.91. The second-order valence-electron chi connectivity index (χ2n) is 4.57. The zero-order valence-corrected chi connectivity index (χ0v) is 9.63. The van der Waals surface area contributed by atoms with Crippen LogP contribution in [0.3, 0.4) is 0 Å². The molecule has 1 nitrogen and oxygen atoms in total. The minimum atomic E-state index is 0.724. The Balaban J connectivity index is 1.91. The summed E-state index contributed by atoms with van der Waals surface area (Å²) in [5, 5.41) is 3.61. The van der Waals surface area contributed by atoms with E-state index in [0.29, 0.717) is 0 Å². The maximum absolute atomic E-state index is 3.61. The molecule has 2 rings (SSSR count). The van der Waals surface area contributed by atoms with Gasteiger partial charge in [0.25, 0.3) is 0 Å². The number of rotatable bonds is 4. The fraction of sp³-hybridized carbons (Fsp3) is 0.571. The Kier molecular flexibility index (Phi) is 3.65. The Morgan fingerprint density at radius 2 is 1.80 bits per heavy atom. The van der Waals surface area contributed by atoms with Gasteiger partial charge in [-0.3, -0.25) is 0 Å². The molecular weight excluding hydrogens is 182 g/mol. The first-order valence-corrected chi connectivity index (χ1v) is 6.24. The van der Waals surface area contributed by atoms with E-state index in [2.05, 4.69) is 36.5 Å². The largest absolute Gasteiger partial charge is 0.382 e. The first kappa shape index (κ1) is 10.5. The molecule has 1 aromatic rings. The molecule has 0 radical (unpaired) electrons. The summed E-state index contributed by atoms with van der Waals surface area (Å²) in [6, 6.07) is 9.68. The van der Waals surface area contributed by atoms with Crippen LogP contribution in [-0.2, 0) is 6.42 Å². The van der Waals surface area contributed by atoms with E-state index in [9.17, 15) is 0 Å². The van der Waals surface area contributed by atoms with Crippen LogP contribution in [0.4, 0.5) is 5.69 Å². The molecule has 0 bridgehead atoms. The molecule has 1 N–H and O–H groups in total. The van der Waals surface area contributed by atoms with Crippen LogP contribution >= 0.6 is 0 Å². The third kappa shape index (κ3) is 2.98.